The molecule has 0 radical (unpaired) electrons. The van der Waals surface area contributed by atoms with E-state index < -0.39 is 12.0 Å². The number of carboxylic acids is 1. The van der Waals surface area contributed by atoms with Crippen molar-refractivity contribution in [2.24, 2.45) is 5.92 Å². The molecular weight excluding hydrogens is 302 g/mol. The molecule has 1 amide bonds. The van der Waals surface area contributed by atoms with Gasteiger partial charge in [0.1, 0.15) is 6.04 Å². The summed E-state index contributed by atoms with van der Waals surface area (Å²) in [5.74, 6) is -1.55. The Morgan fingerprint density at radius 3 is 2.95 bits per heavy atom. The van der Waals surface area contributed by atoms with Crippen molar-refractivity contribution in [3.63, 3.8) is 0 Å². The van der Waals surface area contributed by atoms with Gasteiger partial charge >= 0.3 is 5.97 Å². The molecule has 0 bridgehead atoms. The molecule has 2 atom stereocenters. The molecule has 1 aromatic carbocycles. The van der Waals surface area contributed by atoms with E-state index in [4.69, 9.17) is 4.74 Å². The van der Waals surface area contributed by atoms with Crippen LogP contribution in [0.2, 0.25) is 0 Å². The van der Waals surface area contributed by atoms with Gasteiger partial charge in [-0.2, -0.15) is 0 Å². The Kier molecular flexibility index (Phi) is 4.40. The van der Waals surface area contributed by atoms with E-state index in [0.29, 0.717) is 18.8 Å². The number of carbonyl (C=O) groups excluding carboxylic acids is 1. The zero-order chi connectivity index (χ0) is 15.5. The maximum atomic E-state index is 12.4. The van der Waals surface area contributed by atoms with E-state index in [2.05, 4.69) is 5.32 Å². The van der Waals surface area contributed by atoms with Crippen LogP contribution in [0.15, 0.2) is 29.6 Å². The molecule has 0 spiro atoms. The molecule has 2 N–H and O–H groups in total. The molecule has 0 saturated carbocycles. The number of rotatable bonds is 4. The zero-order valence-corrected chi connectivity index (χ0v) is 12.8. The average Bonchev–Trinajstić information content (AvgIpc) is 3.00. The van der Waals surface area contributed by atoms with Gasteiger partial charge in [-0.05, 0) is 47.9 Å². The Hall–Kier alpha value is -1.92. The third-order valence-corrected chi connectivity index (χ3v) is 4.83. The van der Waals surface area contributed by atoms with Crippen molar-refractivity contribution in [2.75, 3.05) is 13.2 Å². The molecule has 0 aliphatic carbocycles. The molecule has 1 aromatic heterocycles. The minimum atomic E-state index is -1.01. The van der Waals surface area contributed by atoms with Gasteiger partial charge in [-0.3, -0.25) is 4.79 Å². The molecule has 5 nitrogen and oxygen atoms in total. The molecule has 116 valence electrons. The maximum absolute atomic E-state index is 12.4. The molecule has 1 aliphatic heterocycles. The lowest BCUT2D eigenvalue weighted by atomic mass is 9.93. The van der Waals surface area contributed by atoms with E-state index in [1.54, 1.807) is 23.5 Å². The second kappa shape index (κ2) is 6.46. The van der Waals surface area contributed by atoms with Crippen LogP contribution in [0.4, 0.5) is 0 Å². The predicted octanol–water partition coefficient (Wildman–Crippen LogP) is 2.51. The van der Waals surface area contributed by atoms with Crippen LogP contribution >= 0.6 is 11.3 Å². The molecule has 2 heterocycles. The summed E-state index contributed by atoms with van der Waals surface area (Å²) in [6.45, 7) is 1.03. The van der Waals surface area contributed by atoms with E-state index in [-0.39, 0.29) is 11.8 Å². The smallest absolute Gasteiger partial charge is 0.326 e. The first kappa shape index (κ1) is 15.0. The molecule has 6 heteroatoms. The number of hydrogen-bond donors (Lipinski definition) is 2. The zero-order valence-electron chi connectivity index (χ0n) is 12.0. The summed E-state index contributed by atoms with van der Waals surface area (Å²) in [5, 5.41) is 15.0. The predicted molar refractivity (Wildman–Crippen MR) is 84.3 cm³/mol. The van der Waals surface area contributed by atoms with E-state index in [0.717, 1.165) is 22.9 Å². The minimum Gasteiger partial charge on any atom is -0.480 e. The van der Waals surface area contributed by atoms with Crippen LogP contribution in [0.1, 0.15) is 23.2 Å². The first-order chi connectivity index (χ1) is 10.6. The number of hydrogen-bond acceptors (Lipinski definition) is 4. The Labute approximate surface area is 131 Å². The highest BCUT2D eigenvalue weighted by molar-refractivity contribution is 7.17. The van der Waals surface area contributed by atoms with E-state index >= 15 is 0 Å². The first-order valence-corrected chi connectivity index (χ1v) is 8.12. The fourth-order valence-corrected chi connectivity index (χ4v) is 3.51. The normalized spacial score (nSPS) is 19.7. The summed E-state index contributed by atoms with van der Waals surface area (Å²) in [5.41, 5.74) is 0.480. The number of nitrogens with one attached hydrogen (secondary N) is 1. The van der Waals surface area contributed by atoms with Crippen molar-refractivity contribution in [2.45, 2.75) is 18.9 Å². The Morgan fingerprint density at radius 2 is 2.23 bits per heavy atom. The summed E-state index contributed by atoms with van der Waals surface area (Å²) in [4.78, 5) is 23.8. The second-order valence-corrected chi connectivity index (χ2v) is 6.39. The molecular formula is C16H17NO4S. The number of benzene rings is 1. The third-order valence-electron chi connectivity index (χ3n) is 3.93. The van der Waals surface area contributed by atoms with Crippen LogP contribution in [-0.2, 0) is 9.53 Å². The van der Waals surface area contributed by atoms with Gasteiger partial charge in [-0.1, -0.05) is 0 Å². The van der Waals surface area contributed by atoms with Crippen LogP contribution in [0.5, 0.6) is 0 Å². The first-order valence-electron chi connectivity index (χ1n) is 7.24. The summed E-state index contributed by atoms with van der Waals surface area (Å²) in [6, 6.07) is 6.43. The fourth-order valence-electron chi connectivity index (χ4n) is 2.74. The van der Waals surface area contributed by atoms with Crippen LogP contribution in [0.3, 0.4) is 0 Å². The SMILES string of the molecule is O=C(NC(C(=O)O)C1CCCOC1)c1ccc2sccc2c1. The Bertz CT molecular complexity index is 690. The number of aliphatic carboxylic acids is 1. The third kappa shape index (κ3) is 3.13. The standard InChI is InChI=1S/C16H17NO4S/c18-15(11-3-4-13-10(8-11)5-7-22-13)17-14(16(19)20)12-2-1-6-21-9-12/h3-5,7-8,12,14H,1-2,6,9H2,(H,17,18)(H,19,20). The molecule has 1 fully saturated rings. The maximum Gasteiger partial charge on any atom is 0.326 e. The number of carbonyl (C=O) groups is 2. The number of fused-ring (bicyclic) bond motifs is 1. The van der Waals surface area contributed by atoms with Gasteiger partial charge in [-0.15, -0.1) is 11.3 Å². The van der Waals surface area contributed by atoms with E-state index in [9.17, 15) is 14.7 Å². The van der Waals surface area contributed by atoms with Gasteiger partial charge in [0.25, 0.3) is 5.91 Å². The van der Waals surface area contributed by atoms with Crippen molar-refractivity contribution in [3.05, 3.63) is 35.2 Å². The van der Waals surface area contributed by atoms with Gasteiger partial charge in [0.2, 0.25) is 0 Å². The van der Waals surface area contributed by atoms with Crippen LogP contribution in [-0.4, -0.2) is 36.2 Å². The average molecular weight is 319 g/mol. The summed E-state index contributed by atoms with van der Waals surface area (Å²) in [6.07, 6.45) is 1.58. The summed E-state index contributed by atoms with van der Waals surface area (Å²) in [7, 11) is 0. The number of amides is 1. The second-order valence-electron chi connectivity index (χ2n) is 5.44. The van der Waals surface area contributed by atoms with Gasteiger partial charge in [-0.25, -0.2) is 4.79 Å². The number of carboxylic acid groups (broad SMARTS) is 1. The van der Waals surface area contributed by atoms with Gasteiger partial charge in [0.05, 0.1) is 6.61 Å². The van der Waals surface area contributed by atoms with E-state index in [1.165, 1.54) is 0 Å². The van der Waals surface area contributed by atoms with Crippen molar-refractivity contribution in [3.8, 4) is 0 Å². The number of thiophene rings is 1. The molecule has 2 unspecified atom stereocenters. The van der Waals surface area contributed by atoms with Crippen molar-refractivity contribution < 1.29 is 19.4 Å². The highest BCUT2D eigenvalue weighted by atomic mass is 32.1. The van der Waals surface area contributed by atoms with Crippen LogP contribution < -0.4 is 5.32 Å². The largest absolute Gasteiger partial charge is 0.480 e. The Morgan fingerprint density at radius 1 is 1.36 bits per heavy atom. The molecule has 2 aromatic rings. The quantitative estimate of drug-likeness (QED) is 0.908. The lowest BCUT2D eigenvalue weighted by Crippen LogP contribution is -2.48. The minimum absolute atomic E-state index is 0.180. The van der Waals surface area contributed by atoms with Crippen LogP contribution in [0.25, 0.3) is 10.1 Å². The number of ether oxygens (including phenoxy) is 1. The molecule has 1 aliphatic rings. The van der Waals surface area contributed by atoms with Gasteiger partial charge in [0.15, 0.2) is 0 Å². The lowest BCUT2D eigenvalue weighted by Gasteiger charge is -2.28. The Balaban J connectivity index is 1.76. The monoisotopic (exact) mass is 319 g/mol. The van der Waals surface area contributed by atoms with Gasteiger partial charge < -0.3 is 15.2 Å². The molecule has 22 heavy (non-hydrogen) atoms. The fraction of sp³-hybridized carbons (Fsp3) is 0.375. The highest BCUT2D eigenvalue weighted by Gasteiger charge is 2.31. The topological polar surface area (TPSA) is 75.6 Å². The van der Waals surface area contributed by atoms with Crippen molar-refractivity contribution in [1.82, 2.24) is 5.32 Å². The lowest BCUT2D eigenvalue weighted by molar-refractivity contribution is -0.142. The summed E-state index contributed by atoms with van der Waals surface area (Å²) < 4.78 is 6.44. The van der Waals surface area contributed by atoms with Crippen LogP contribution in [0, 0.1) is 5.92 Å². The molecule has 3 rings (SSSR count). The van der Waals surface area contributed by atoms with E-state index in [1.807, 2.05) is 17.5 Å². The highest BCUT2D eigenvalue weighted by Crippen LogP contribution is 2.22. The van der Waals surface area contributed by atoms with Gasteiger partial charge in [0, 0.05) is 22.8 Å². The van der Waals surface area contributed by atoms with Crippen molar-refractivity contribution >= 4 is 33.3 Å². The van der Waals surface area contributed by atoms with Crippen molar-refractivity contribution in [1.29, 1.82) is 0 Å². The summed E-state index contributed by atoms with van der Waals surface area (Å²) >= 11 is 1.61. The molecule has 1 saturated heterocycles.